The van der Waals surface area contributed by atoms with Gasteiger partial charge in [0.25, 0.3) is 0 Å². The summed E-state index contributed by atoms with van der Waals surface area (Å²) in [4.78, 5) is 24.6. The van der Waals surface area contributed by atoms with Crippen molar-refractivity contribution in [3.05, 3.63) is 0 Å². The summed E-state index contributed by atoms with van der Waals surface area (Å²) >= 11 is 0. The molecule has 0 aromatic rings. The van der Waals surface area contributed by atoms with E-state index in [0.29, 0.717) is 12.8 Å². The summed E-state index contributed by atoms with van der Waals surface area (Å²) in [6.45, 7) is 0. The Labute approximate surface area is 88.9 Å². The molecule has 4 heteroatoms. The third kappa shape index (κ3) is 2.01. The molecule has 1 heterocycles. The second-order valence-electron chi connectivity index (χ2n) is 4.28. The number of likely N-dealkylation sites (tertiary alicyclic amines) is 1. The molecule has 1 saturated heterocycles. The van der Waals surface area contributed by atoms with Gasteiger partial charge in [0, 0.05) is 12.8 Å². The van der Waals surface area contributed by atoms with Gasteiger partial charge in [-0.2, -0.15) is 5.26 Å². The number of hydrogen-bond donors (Lipinski definition) is 0. The van der Waals surface area contributed by atoms with Gasteiger partial charge in [-0.05, 0) is 31.6 Å². The van der Waals surface area contributed by atoms with Gasteiger partial charge in [-0.1, -0.05) is 0 Å². The highest BCUT2D eigenvalue weighted by Gasteiger charge is 2.40. The van der Waals surface area contributed by atoms with Gasteiger partial charge >= 0.3 is 0 Å². The molecule has 80 valence electrons. The van der Waals surface area contributed by atoms with Crippen LogP contribution in [-0.2, 0) is 9.59 Å². The zero-order chi connectivity index (χ0) is 10.8. The first kappa shape index (κ1) is 10.2. The molecule has 1 aliphatic carbocycles. The second-order valence-corrected chi connectivity index (χ2v) is 4.28. The Kier molecular flexibility index (Phi) is 2.72. The predicted molar refractivity (Wildman–Crippen MR) is 52.4 cm³/mol. The van der Waals surface area contributed by atoms with Crippen LogP contribution < -0.4 is 0 Å². The van der Waals surface area contributed by atoms with Crippen LogP contribution in [0.5, 0.6) is 0 Å². The second kappa shape index (κ2) is 4.01. The number of nitrogens with zero attached hydrogens (tertiary/aromatic N) is 2. The largest absolute Gasteiger partial charge is 0.274 e. The van der Waals surface area contributed by atoms with E-state index in [-0.39, 0.29) is 17.7 Å². The lowest BCUT2D eigenvalue weighted by Crippen LogP contribution is -2.44. The Morgan fingerprint density at radius 2 is 1.73 bits per heavy atom. The van der Waals surface area contributed by atoms with E-state index in [1.165, 1.54) is 4.90 Å². The van der Waals surface area contributed by atoms with E-state index in [1.54, 1.807) is 0 Å². The summed E-state index contributed by atoms with van der Waals surface area (Å²) in [6.07, 6.45) is 4.30. The lowest BCUT2D eigenvalue weighted by molar-refractivity contribution is -0.145. The molecule has 0 spiro atoms. The van der Waals surface area contributed by atoms with Crippen molar-refractivity contribution >= 4 is 11.8 Å². The number of hydrogen-bond acceptors (Lipinski definition) is 3. The molecule has 0 aromatic carbocycles. The molecular formula is C11H14N2O2. The van der Waals surface area contributed by atoms with E-state index in [9.17, 15) is 9.59 Å². The van der Waals surface area contributed by atoms with Crippen LogP contribution in [0.3, 0.4) is 0 Å². The van der Waals surface area contributed by atoms with E-state index in [4.69, 9.17) is 5.26 Å². The number of carbonyl (C=O) groups excluding carboxylic acids is 2. The highest BCUT2D eigenvalue weighted by Crippen LogP contribution is 2.36. The summed E-state index contributed by atoms with van der Waals surface area (Å²) in [5, 5.41) is 9.02. The van der Waals surface area contributed by atoms with Crippen LogP contribution in [0.2, 0.25) is 0 Å². The first-order valence-corrected chi connectivity index (χ1v) is 5.48. The van der Waals surface area contributed by atoms with Crippen LogP contribution >= 0.6 is 0 Å². The molecule has 2 fully saturated rings. The fourth-order valence-corrected chi connectivity index (χ4v) is 2.03. The number of rotatable bonds is 2. The Balaban J connectivity index is 2.18. The maximum atomic E-state index is 11.7. The molecule has 0 bridgehead atoms. The van der Waals surface area contributed by atoms with E-state index >= 15 is 0 Å². The highest BCUT2D eigenvalue weighted by atomic mass is 16.2. The van der Waals surface area contributed by atoms with Crippen molar-refractivity contribution in [2.24, 2.45) is 5.92 Å². The minimum absolute atomic E-state index is 0.157. The molecule has 2 rings (SSSR count). The van der Waals surface area contributed by atoms with Crippen molar-refractivity contribution in [1.29, 1.82) is 5.26 Å². The lowest BCUT2D eigenvalue weighted by Gasteiger charge is -2.23. The lowest BCUT2D eigenvalue weighted by atomic mass is 10.1. The molecule has 1 aliphatic heterocycles. The third-order valence-corrected chi connectivity index (χ3v) is 3.05. The van der Waals surface area contributed by atoms with E-state index in [1.807, 2.05) is 0 Å². The van der Waals surface area contributed by atoms with Gasteiger partial charge in [-0.25, -0.2) is 0 Å². The molecular weight excluding hydrogens is 192 g/mol. The molecule has 0 N–H and O–H groups in total. The Morgan fingerprint density at radius 3 is 2.13 bits per heavy atom. The molecule has 1 saturated carbocycles. The topological polar surface area (TPSA) is 61.2 Å². The van der Waals surface area contributed by atoms with Crippen LogP contribution in [0.25, 0.3) is 0 Å². The molecule has 4 nitrogen and oxygen atoms in total. The Bertz CT molecular complexity index is 310. The van der Waals surface area contributed by atoms with Crippen molar-refractivity contribution in [3.63, 3.8) is 0 Å². The van der Waals surface area contributed by atoms with Gasteiger partial charge in [0.05, 0.1) is 6.07 Å². The fraction of sp³-hybridized carbons (Fsp3) is 0.727. The minimum atomic E-state index is -0.497. The zero-order valence-corrected chi connectivity index (χ0v) is 8.61. The molecule has 1 unspecified atom stereocenters. The summed E-state index contributed by atoms with van der Waals surface area (Å²) in [5.74, 6) is -0.0760. The fourth-order valence-electron chi connectivity index (χ4n) is 2.03. The number of amides is 2. The standard InChI is InChI=1S/C11H14N2O2/c12-7-9(8-5-6-8)13-10(14)3-1-2-4-11(13)15/h8-9H,1-6H2. The van der Waals surface area contributed by atoms with E-state index in [0.717, 1.165) is 25.7 Å². The minimum Gasteiger partial charge on any atom is -0.274 e. The van der Waals surface area contributed by atoms with Gasteiger partial charge in [0.2, 0.25) is 11.8 Å². The first-order chi connectivity index (χ1) is 7.24. The molecule has 1 atom stereocenters. The summed E-state index contributed by atoms with van der Waals surface area (Å²) < 4.78 is 0. The van der Waals surface area contributed by atoms with Crippen LogP contribution in [-0.4, -0.2) is 22.8 Å². The normalized spacial score (nSPS) is 24.6. The van der Waals surface area contributed by atoms with Crippen LogP contribution in [0.4, 0.5) is 0 Å². The first-order valence-electron chi connectivity index (χ1n) is 5.48. The highest BCUT2D eigenvalue weighted by molar-refractivity contribution is 5.96. The zero-order valence-electron chi connectivity index (χ0n) is 8.61. The molecule has 2 aliphatic rings. The predicted octanol–water partition coefficient (Wildman–Crippen LogP) is 1.22. The molecule has 2 amide bonds. The Hall–Kier alpha value is -1.37. The summed E-state index contributed by atoms with van der Waals surface area (Å²) in [5.41, 5.74) is 0. The SMILES string of the molecule is N#CC(C1CC1)N1C(=O)CCCCC1=O. The molecule has 0 aromatic heterocycles. The number of imide groups is 1. The Morgan fingerprint density at radius 1 is 1.20 bits per heavy atom. The molecule has 0 radical (unpaired) electrons. The van der Waals surface area contributed by atoms with Gasteiger partial charge in [0.15, 0.2) is 0 Å². The molecule has 15 heavy (non-hydrogen) atoms. The monoisotopic (exact) mass is 206 g/mol. The smallest absolute Gasteiger partial charge is 0.230 e. The van der Waals surface area contributed by atoms with E-state index < -0.39 is 6.04 Å². The van der Waals surface area contributed by atoms with Crippen LogP contribution in [0.1, 0.15) is 38.5 Å². The van der Waals surface area contributed by atoms with Gasteiger partial charge in [-0.15, -0.1) is 0 Å². The quantitative estimate of drug-likeness (QED) is 0.638. The van der Waals surface area contributed by atoms with Gasteiger partial charge in [-0.3, -0.25) is 14.5 Å². The van der Waals surface area contributed by atoms with Crippen molar-refractivity contribution < 1.29 is 9.59 Å². The van der Waals surface area contributed by atoms with Crippen LogP contribution in [0, 0.1) is 17.2 Å². The van der Waals surface area contributed by atoms with Gasteiger partial charge in [0.1, 0.15) is 6.04 Å². The average Bonchev–Trinajstić information content (AvgIpc) is 3.02. The third-order valence-electron chi connectivity index (χ3n) is 3.05. The van der Waals surface area contributed by atoms with Crippen LogP contribution in [0.15, 0.2) is 0 Å². The average molecular weight is 206 g/mol. The summed E-state index contributed by atoms with van der Waals surface area (Å²) in [6, 6.07) is 1.61. The maximum absolute atomic E-state index is 11.7. The van der Waals surface area contributed by atoms with Crippen molar-refractivity contribution in [2.45, 2.75) is 44.6 Å². The van der Waals surface area contributed by atoms with E-state index in [2.05, 4.69) is 6.07 Å². The van der Waals surface area contributed by atoms with Crippen molar-refractivity contribution in [3.8, 4) is 6.07 Å². The van der Waals surface area contributed by atoms with Crippen molar-refractivity contribution in [2.75, 3.05) is 0 Å². The number of nitriles is 1. The number of carbonyl (C=O) groups is 2. The maximum Gasteiger partial charge on any atom is 0.230 e. The van der Waals surface area contributed by atoms with Crippen molar-refractivity contribution in [1.82, 2.24) is 4.90 Å². The summed E-state index contributed by atoms with van der Waals surface area (Å²) in [7, 11) is 0. The van der Waals surface area contributed by atoms with Gasteiger partial charge < -0.3 is 0 Å².